The molecule has 15 rings (SSSR count). The van der Waals surface area contributed by atoms with Crippen molar-refractivity contribution in [3.63, 3.8) is 0 Å². The minimum absolute atomic E-state index is 0.487. The summed E-state index contributed by atoms with van der Waals surface area (Å²) in [6, 6.07) is 108. The third kappa shape index (κ3) is 7.36. The zero-order valence-electron chi connectivity index (χ0n) is 41.9. The second kappa shape index (κ2) is 18.5. The summed E-state index contributed by atoms with van der Waals surface area (Å²) in [6.45, 7) is 0. The predicted octanol–water partition coefficient (Wildman–Crippen LogP) is 21.1. The highest BCUT2D eigenvalue weighted by Crippen LogP contribution is 2.58. The first-order valence-corrected chi connectivity index (χ1v) is 27.9. The van der Waals surface area contributed by atoms with Crippen LogP contribution < -0.4 is 9.80 Å². The fourth-order valence-electron chi connectivity index (χ4n) is 12.4. The molecule has 1 aliphatic carbocycles. The van der Waals surface area contributed by atoms with E-state index in [9.17, 15) is 0 Å². The van der Waals surface area contributed by atoms with Gasteiger partial charge in [0.15, 0.2) is 0 Å². The van der Waals surface area contributed by atoms with Crippen LogP contribution in [0.3, 0.4) is 0 Å². The average molecular weight is 1020 g/mol. The summed E-state index contributed by atoms with van der Waals surface area (Å²) in [7, 11) is 0. The third-order valence-electron chi connectivity index (χ3n) is 15.7. The highest BCUT2D eigenvalue weighted by molar-refractivity contribution is 7.26. The largest absolute Gasteiger partial charge is 0.310 e. The van der Waals surface area contributed by atoms with Gasteiger partial charge in [0.25, 0.3) is 0 Å². The quantitative estimate of drug-likeness (QED) is 0.135. The van der Waals surface area contributed by atoms with Crippen LogP contribution in [-0.4, -0.2) is 0 Å². The number of hydrogen-bond donors (Lipinski definition) is 0. The molecule has 0 unspecified atom stereocenters. The topological polar surface area (TPSA) is 6.48 Å². The van der Waals surface area contributed by atoms with Gasteiger partial charge in [-0.1, -0.05) is 200 Å². The summed E-state index contributed by atoms with van der Waals surface area (Å²) in [6.07, 6.45) is 0. The van der Waals surface area contributed by atoms with Crippen LogP contribution in [0.4, 0.5) is 34.1 Å². The van der Waals surface area contributed by atoms with Crippen LogP contribution in [0.5, 0.6) is 0 Å². The van der Waals surface area contributed by atoms with Crippen molar-refractivity contribution in [2.24, 2.45) is 0 Å². The van der Waals surface area contributed by atoms with Gasteiger partial charge >= 0.3 is 0 Å². The van der Waals surface area contributed by atoms with Crippen LogP contribution in [0.2, 0.25) is 0 Å². The molecule has 0 fully saturated rings. The number of nitrogens with zero attached hydrogens (tertiary/aromatic N) is 2. The Morgan fingerprint density at radius 3 is 1.16 bits per heavy atom. The Morgan fingerprint density at radius 1 is 0.247 bits per heavy atom. The first-order valence-electron chi connectivity index (χ1n) is 26.3. The fraction of sp³-hybridized carbons (Fsp3) is 0.0137. The van der Waals surface area contributed by atoms with E-state index in [1.54, 1.807) is 0 Å². The Morgan fingerprint density at radius 2 is 0.649 bits per heavy atom. The van der Waals surface area contributed by atoms with Gasteiger partial charge in [-0.05, 0) is 136 Å². The third-order valence-corrected chi connectivity index (χ3v) is 18.1. The molecule has 12 aromatic carbocycles. The van der Waals surface area contributed by atoms with Crippen molar-refractivity contribution in [1.82, 2.24) is 0 Å². The summed E-state index contributed by atoms with van der Waals surface area (Å²) < 4.78 is 5.12. The molecule has 2 heterocycles. The van der Waals surface area contributed by atoms with E-state index in [2.05, 4.69) is 301 Å². The Balaban J connectivity index is 0.944. The van der Waals surface area contributed by atoms with Crippen molar-refractivity contribution >= 4 is 97.1 Å². The van der Waals surface area contributed by atoms with Gasteiger partial charge in [-0.3, -0.25) is 0 Å². The Labute approximate surface area is 456 Å². The Hall–Kier alpha value is -9.32. The molecule has 1 aliphatic rings. The average Bonchev–Trinajstić information content (AvgIpc) is 4.28. The zero-order valence-corrected chi connectivity index (χ0v) is 43.6. The van der Waals surface area contributed by atoms with E-state index in [1.165, 1.54) is 96.0 Å². The first-order chi connectivity index (χ1) is 38.2. The minimum atomic E-state index is -0.487. The molecule has 4 heteroatoms. The normalized spacial score (nSPS) is 12.5. The molecule has 0 atom stereocenters. The van der Waals surface area contributed by atoms with E-state index in [0.29, 0.717) is 0 Å². The molecular formula is C73H48N2S2. The van der Waals surface area contributed by atoms with Crippen LogP contribution in [0.15, 0.2) is 291 Å². The van der Waals surface area contributed by atoms with Gasteiger partial charge in [0, 0.05) is 85.6 Å². The summed E-state index contributed by atoms with van der Waals surface area (Å²) in [5.74, 6) is 0. The van der Waals surface area contributed by atoms with Crippen molar-refractivity contribution in [3.8, 4) is 33.4 Å². The summed E-state index contributed by atoms with van der Waals surface area (Å²) in [4.78, 5) is 4.86. The summed E-state index contributed by atoms with van der Waals surface area (Å²) >= 11 is 3.77. The van der Waals surface area contributed by atoms with Gasteiger partial charge in [-0.25, -0.2) is 0 Å². The molecule has 0 N–H and O–H groups in total. The van der Waals surface area contributed by atoms with Crippen molar-refractivity contribution in [2.75, 3.05) is 9.80 Å². The predicted molar refractivity (Wildman–Crippen MR) is 330 cm³/mol. The second-order valence-electron chi connectivity index (χ2n) is 20.0. The van der Waals surface area contributed by atoms with Crippen LogP contribution in [0, 0.1) is 0 Å². The number of fused-ring (bicyclic) bond motifs is 9. The van der Waals surface area contributed by atoms with Gasteiger partial charge in [0.1, 0.15) is 0 Å². The SMILES string of the molecule is c1ccc(N(c2ccccc2)c2cc(-c3cccc(-c4cc(N(c5ccccc5)c5ccc6c(c5)-c5ccccc5C6(c5ccccc5)c5ccccc5)cc5c4sc4ccccc45)c3)c3sc4ccccc4c3c2)cc1. The van der Waals surface area contributed by atoms with Gasteiger partial charge in [0.2, 0.25) is 0 Å². The van der Waals surface area contributed by atoms with Crippen LogP contribution in [-0.2, 0) is 5.41 Å². The van der Waals surface area contributed by atoms with Gasteiger partial charge < -0.3 is 9.80 Å². The van der Waals surface area contributed by atoms with E-state index in [0.717, 1.165) is 34.1 Å². The molecule has 0 saturated carbocycles. The number of thiophene rings is 2. The standard InChI is InChI=1S/C73H48N2S2/c1-6-25-51(26-7-1)73(52-27-8-2-9-28-52)67-38-19-16-35-59(67)64-44-56(41-42-68(64)73)75(55-33-14-5-15-34-55)58-46-63(72-66(48-58)61-37-18-21-40-70(61)77-72)50-24-22-23-49(43-50)62-45-57(47-65-60-36-17-20-39-69(60)76-71(62)65)74(53-29-10-3-11-30-53)54-31-12-4-13-32-54/h1-48H. The van der Waals surface area contributed by atoms with Gasteiger partial charge in [-0.15, -0.1) is 22.7 Å². The molecule has 0 bridgehead atoms. The minimum Gasteiger partial charge on any atom is -0.310 e. The lowest BCUT2D eigenvalue weighted by atomic mass is 9.68. The Bertz CT molecular complexity index is 4430. The Kier molecular flexibility index (Phi) is 10.8. The molecule has 77 heavy (non-hydrogen) atoms. The van der Waals surface area contributed by atoms with Crippen LogP contribution in [0.25, 0.3) is 73.7 Å². The van der Waals surface area contributed by atoms with Crippen molar-refractivity contribution in [1.29, 1.82) is 0 Å². The lowest BCUT2D eigenvalue weighted by Crippen LogP contribution is -2.28. The number of para-hydroxylation sites is 3. The lowest BCUT2D eigenvalue weighted by molar-refractivity contribution is 0.768. The highest BCUT2D eigenvalue weighted by atomic mass is 32.1. The first kappa shape index (κ1) is 45.1. The smallest absolute Gasteiger partial charge is 0.0713 e. The highest BCUT2D eigenvalue weighted by Gasteiger charge is 2.46. The maximum absolute atomic E-state index is 2.47. The van der Waals surface area contributed by atoms with Crippen molar-refractivity contribution in [2.45, 2.75) is 5.41 Å². The van der Waals surface area contributed by atoms with Crippen molar-refractivity contribution < 1.29 is 0 Å². The van der Waals surface area contributed by atoms with Gasteiger partial charge in [-0.2, -0.15) is 0 Å². The maximum atomic E-state index is 2.47. The van der Waals surface area contributed by atoms with E-state index in [4.69, 9.17) is 0 Å². The number of anilines is 6. The molecule has 14 aromatic rings. The van der Waals surface area contributed by atoms with Gasteiger partial charge in [0.05, 0.1) is 5.41 Å². The molecule has 0 saturated heterocycles. The fourth-order valence-corrected chi connectivity index (χ4v) is 14.8. The molecule has 2 aromatic heterocycles. The molecule has 0 aliphatic heterocycles. The monoisotopic (exact) mass is 1020 g/mol. The molecule has 0 radical (unpaired) electrons. The number of hydrogen-bond acceptors (Lipinski definition) is 4. The lowest BCUT2D eigenvalue weighted by Gasteiger charge is -2.34. The van der Waals surface area contributed by atoms with Crippen LogP contribution in [0.1, 0.15) is 22.3 Å². The summed E-state index contributed by atoms with van der Waals surface area (Å²) in [5, 5.41) is 5.04. The molecule has 0 amide bonds. The molecule has 2 nitrogen and oxygen atoms in total. The van der Waals surface area contributed by atoms with E-state index in [1.807, 2.05) is 22.7 Å². The molecule has 0 spiro atoms. The number of rotatable bonds is 10. The number of benzene rings is 12. The molecule has 362 valence electrons. The van der Waals surface area contributed by atoms with E-state index >= 15 is 0 Å². The summed E-state index contributed by atoms with van der Waals surface area (Å²) in [5.41, 5.74) is 18.6. The van der Waals surface area contributed by atoms with Crippen LogP contribution >= 0.6 is 22.7 Å². The second-order valence-corrected chi connectivity index (χ2v) is 22.1. The maximum Gasteiger partial charge on any atom is 0.0713 e. The van der Waals surface area contributed by atoms with E-state index in [-0.39, 0.29) is 0 Å². The van der Waals surface area contributed by atoms with Crippen molar-refractivity contribution in [3.05, 3.63) is 313 Å². The zero-order chi connectivity index (χ0) is 50.9. The van der Waals surface area contributed by atoms with E-state index < -0.39 is 5.41 Å². The molecular weight excluding hydrogens is 969 g/mol.